The quantitative estimate of drug-likeness (QED) is 0.520. The van der Waals surface area contributed by atoms with Crippen LogP contribution in [-0.2, 0) is 12.8 Å². The van der Waals surface area contributed by atoms with E-state index >= 15 is 0 Å². The van der Waals surface area contributed by atoms with Crippen LogP contribution in [-0.4, -0.2) is 5.11 Å². The molecule has 0 fully saturated rings. The molecule has 0 amide bonds. The first-order valence-electron chi connectivity index (χ1n) is 4.29. The van der Waals surface area contributed by atoms with Gasteiger partial charge in [0, 0.05) is 0 Å². The molecule has 0 unspecified atom stereocenters. The van der Waals surface area contributed by atoms with Crippen LogP contribution in [0.15, 0.2) is 12.1 Å². The summed E-state index contributed by atoms with van der Waals surface area (Å²) in [6.07, 6.45) is 1.78. The van der Waals surface area contributed by atoms with Crippen LogP contribution in [0.5, 0.6) is 5.75 Å². The van der Waals surface area contributed by atoms with Crippen LogP contribution in [0.1, 0.15) is 25.0 Å². The molecule has 0 aromatic heterocycles. The normalized spacial score (nSPS) is 10.2. The van der Waals surface area contributed by atoms with Gasteiger partial charge in [-0.25, -0.2) is 0 Å². The number of rotatable bonds is 2. The highest BCUT2D eigenvalue weighted by Crippen LogP contribution is 2.27. The average molecular weight is 165 g/mol. The fourth-order valence-electron chi connectivity index (χ4n) is 1.26. The molecule has 0 bridgehead atoms. The molecule has 1 aromatic carbocycles. The van der Waals surface area contributed by atoms with Crippen molar-refractivity contribution in [3.63, 3.8) is 0 Å². The molecule has 2 nitrogen and oxygen atoms in total. The van der Waals surface area contributed by atoms with Crippen LogP contribution in [0.4, 0.5) is 5.69 Å². The Labute approximate surface area is 73.0 Å². The maximum Gasteiger partial charge on any atom is 0.141 e. The van der Waals surface area contributed by atoms with Gasteiger partial charge in [-0.05, 0) is 30.0 Å². The third kappa shape index (κ3) is 1.52. The van der Waals surface area contributed by atoms with Crippen molar-refractivity contribution >= 4 is 5.69 Å². The van der Waals surface area contributed by atoms with Crippen molar-refractivity contribution in [3.8, 4) is 5.75 Å². The van der Waals surface area contributed by atoms with Crippen LogP contribution in [0.2, 0.25) is 0 Å². The van der Waals surface area contributed by atoms with Crippen LogP contribution < -0.4 is 5.73 Å². The number of aryl methyl sites for hydroxylation is 2. The van der Waals surface area contributed by atoms with Crippen molar-refractivity contribution < 1.29 is 5.11 Å². The van der Waals surface area contributed by atoms with E-state index in [9.17, 15) is 5.11 Å². The zero-order valence-electron chi connectivity index (χ0n) is 7.59. The van der Waals surface area contributed by atoms with E-state index < -0.39 is 0 Å². The highest BCUT2D eigenvalue weighted by Gasteiger charge is 2.04. The third-order valence-electron chi connectivity index (χ3n) is 2.07. The van der Waals surface area contributed by atoms with Crippen molar-refractivity contribution in [1.29, 1.82) is 0 Å². The fourth-order valence-corrected chi connectivity index (χ4v) is 1.26. The van der Waals surface area contributed by atoms with E-state index in [1.165, 1.54) is 5.56 Å². The Hall–Kier alpha value is -1.18. The van der Waals surface area contributed by atoms with E-state index in [4.69, 9.17) is 5.73 Å². The van der Waals surface area contributed by atoms with Crippen molar-refractivity contribution in [2.24, 2.45) is 0 Å². The zero-order chi connectivity index (χ0) is 9.14. The number of benzene rings is 1. The summed E-state index contributed by atoms with van der Waals surface area (Å²) >= 11 is 0. The Morgan fingerprint density at radius 2 is 1.92 bits per heavy atom. The van der Waals surface area contributed by atoms with Gasteiger partial charge >= 0.3 is 0 Å². The predicted molar refractivity (Wildman–Crippen MR) is 51.3 cm³/mol. The molecule has 2 heteroatoms. The van der Waals surface area contributed by atoms with Crippen LogP contribution in [0.25, 0.3) is 0 Å². The van der Waals surface area contributed by atoms with Gasteiger partial charge in [-0.1, -0.05) is 19.9 Å². The second-order valence-corrected chi connectivity index (χ2v) is 2.90. The number of hydrogen-bond acceptors (Lipinski definition) is 2. The van der Waals surface area contributed by atoms with Gasteiger partial charge in [0.05, 0.1) is 5.69 Å². The molecule has 66 valence electrons. The summed E-state index contributed by atoms with van der Waals surface area (Å²) in [4.78, 5) is 0. The van der Waals surface area contributed by atoms with Crippen molar-refractivity contribution in [3.05, 3.63) is 23.3 Å². The zero-order valence-corrected chi connectivity index (χ0v) is 7.59. The van der Waals surface area contributed by atoms with Gasteiger partial charge in [0.2, 0.25) is 0 Å². The minimum Gasteiger partial charge on any atom is -0.506 e. The Morgan fingerprint density at radius 3 is 2.42 bits per heavy atom. The summed E-state index contributed by atoms with van der Waals surface area (Å²) < 4.78 is 0. The number of phenolic OH excluding ortho intramolecular Hbond substituents is 1. The maximum absolute atomic E-state index is 9.49. The van der Waals surface area contributed by atoms with E-state index in [1.54, 1.807) is 0 Å². The molecular formula is C10H15NO. The summed E-state index contributed by atoms with van der Waals surface area (Å²) in [5.41, 5.74) is 8.23. The lowest BCUT2D eigenvalue weighted by atomic mass is 10.0. The van der Waals surface area contributed by atoms with E-state index in [1.807, 2.05) is 19.1 Å². The van der Waals surface area contributed by atoms with Crippen molar-refractivity contribution in [2.75, 3.05) is 5.73 Å². The summed E-state index contributed by atoms with van der Waals surface area (Å²) in [6.45, 7) is 4.08. The second-order valence-electron chi connectivity index (χ2n) is 2.90. The van der Waals surface area contributed by atoms with Gasteiger partial charge in [0.25, 0.3) is 0 Å². The Bertz CT molecular complexity index is 281. The van der Waals surface area contributed by atoms with Gasteiger partial charge in [-0.3, -0.25) is 0 Å². The van der Waals surface area contributed by atoms with Crippen molar-refractivity contribution in [2.45, 2.75) is 26.7 Å². The Balaban J connectivity index is 3.19. The smallest absolute Gasteiger partial charge is 0.141 e. The van der Waals surface area contributed by atoms with Crippen LogP contribution in [0.3, 0.4) is 0 Å². The SMILES string of the molecule is CCc1cc(N)c(O)c(CC)c1. The summed E-state index contributed by atoms with van der Waals surface area (Å²) in [5.74, 6) is 0.245. The van der Waals surface area contributed by atoms with Gasteiger partial charge in [0.1, 0.15) is 5.75 Å². The lowest BCUT2D eigenvalue weighted by Crippen LogP contribution is -1.93. The highest BCUT2D eigenvalue weighted by molar-refractivity contribution is 5.58. The minimum atomic E-state index is 0.245. The van der Waals surface area contributed by atoms with Gasteiger partial charge in [-0.2, -0.15) is 0 Å². The standard InChI is InChI=1S/C10H15NO/c1-3-7-5-8(4-2)10(12)9(11)6-7/h5-6,12H,3-4,11H2,1-2H3. The second kappa shape index (κ2) is 3.48. The molecule has 0 aliphatic heterocycles. The summed E-state index contributed by atoms with van der Waals surface area (Å²) in [6, 6.07) is 3.83. The molecule has 0 saturated heterocycles. The molecular weight excluding hydrogens is 150 g/mol. The maximum atomic E-state index is 9.49. The molecule has 0 aliphatic rings. The molecule has 0 saturated carbocycles. The number of aromatic hydroxyl groups is 1. The molecule has 0 radical (unpaired) electrons. The number of nitrogen functional groups attached to an aromatic ring is 1. The molecule has 0 spiro atoms. The fraction of sp³-hybridized carbons (Fsp3) is 0.400. The van der Waals surface area contributed by atoms with E-state index in [-0.39, 0.29) is 5.75 Å². The van der Waals surface area contributed by atoms with Crippen LogP contribution >= 0.6 is 0 Å². The van der Waals surface area contributed by atoms with Gasteiger partial charge < -0.3 is 10.8 Å². The first kappa shape index (κ1) is 8.91. The molecule has 0 atom stereocenters. The summed E-state index contributed by atoms with van der Waals surface area (Å²) in [5, 5.41) is 9.49. The third-order valence-corrected chi connectivity index (χ3v) is 2.07. The number of nitrogens with two attached hydrogens (primary N) is 1. The largest absolute Gasteiger partial charge is 0.506 e. The Morgan fingerprint density at radius 1 is 1.25 bits per heavy atom. The monoisotopic (exact) mass is 165 g/mol. The topological polar surface area (TPSA) is 46.2 Å². The lowest BCUT2D eigenvalue weighted by Gasteiger charge is -2.07. The first-order chi connectivity index (χ1) is 5.69. The lowest BCUT2D eigenvalue weighted by molar-refractivity contribution is 0.471. The molecule has 0 aliphatic carbocycles. The van der Waals surface area contributed by atoms with Gasteiger partial charge in [-0.15, -0.1) is 0 Å². The summed E-state index contributed by atoms with van der Waals surface area (Å²) in [7, 11) is 0. The predicted octanol–water partition coefficient (Wildman–Crippen LogP) is 2.10. The van der Waals surface area contributed by atoms with E-state index in [0.29, 0.717) is 5.69 Å². The molecule has 1 rings (SSSR count). The van der Waals surface area contributed by atoms with Gasteiger partial charge in [0.15, 0.2) is 0 Å². The average Bonchev–Trinajstić information content (AvgIpc) is 2.09. The highest BCUT2D eigenvalue weighted by atomic mass is 16.3. The molecule has 1 aromatic rings. The van der Waals surface area contributed by atoms with E-state index in [2.05, 4.69) is 6.92 Å². The number of anilines is 1. The van der Waals surface area contributed by atoms with E-state index in [0.717, 1.165) is 18.4 Å². The molecule has 3 N–H and O–H groups in total. The first-order valence-corrected chi connectivity index (χ1v) is 4.29. The minimum absolute atomic E-state index is 0.245. The molecule has 0 heterocycles. The molecule has 12 heavy (non-hydrogen) atoms. The Kier molecular flexibility index (Phi) is 2.58. The number of hydrogen-bond donors (Lipinski definition) is 2. The number of phenols is 1. The van der Waals surface area contributed by atoms with Crippen LogP contribution in [0, 0.1) is 0 Å². The van der Waals surface area contributed by atoms with Crippen molar-refractivity contribution in [1.82, 2.24) is 0 Å².